The van der Waals surface area contributed by atoms with Crippen LogP contribution in [0.3, 0.4) is 0 Å². The summed E-state index contributed by atoms with van der Waals surface area (Å²) in [5.74, 6) is 0. The fourth-order valence-electron chi connectivity index (χ4n) is 2.36. The van der Waals surface area contributed by atoms with Gasteiger partial charge in [0.15, 0.2) is 5.43 Å². The lowest BCUT2D eigenvalue weighted by Gasteiger charge is -1.99. The first kappa shape index (κ1) is 15.4. The average molecular weight is 319 g/mol. The molecule has 2 N–H and O–H groups in total. The van der Waals surface area contributed by atoms with Crippen molar-refractivity contribution in [2.75, 3.05) is 0 Å². The summed E-state index contributed by atoms with van der Waals surface area (Å²) in [6.45, 7) is 0.640. The molecule has 0 aliphatic carbocycles. The molecule has 0 spiro atoms. The third kappa shape index (κ3) is 3.47. The van der Waals surface area contributed by atoms with Gasteiger partial charge in [0.2, 0.25) is 0 Å². The monoisotopic (exact) mass is 319 g/mol. The highest BCUT2D eigenvalue weighted by Gasteiger charge is 2.03. The van der Waals surface area contributed by atoms with E-state index in [0.29, 0.717) is 6.54 Å². The zero-order chi connectivity index (χ0) is 16.1. The Bertz CT molecular complexity index is 920. The van der Waals surface area contributed by atoms with Crippen LogP contribution in [0.15, 0.2) is 83.7 Å². The highest BCUT2D eigenvalue weighted by Crippen LogP contribution is 2.23. The van der Waals surface area contributed by atoms with Crippen LogP contribution in [0.2, 0.25) is 0 Å². The largest absolute Gasteiger partial charge is 0.326 e. The van der Waals surface area contributed by atoms with Crippen LogP contribution in [0.5, 0.6) is 0 Å². The summed E-state index contributed by atoms with van der Waals surface area (Å²) >= 11 is 1.67. The lowest BCUT2D eigenvalue weighted by molar-refractivity contribution is 1.07. The van der Waals surface area contributed by atoms with Crippen LogP contribution in [0.4, 0.5) is 0 Å². The first-order valence-corrected chi connectivity index (χ1v) is 8.26. The lowest BCUT2D eigenvalue weighted by Crippen LogP contribution is -1.99. The standard InChI is InChI=1S/C13H8OS.C7H9N/c14-13-9-5-1-3-7-11(9)15-12-8-4-2-6-10(12)13;8-6-7-4-2-1-3-5-7/h1-8H;1-5H,6,8H2. The van der Waals surface area contributed by atoms with E-state index in [1.807, 2.05) is 78.9 Å². The smallest absolute Gasteiger partial charge is 0.195 e. The zero-order valence-corrected chi connectivity index (χ0v) is 13.4. The summed E-state index contributed by atoms with van der Waals surface area (Å²) in [4.78, 5) is 12.1. The van der Waals surface area contributed by atoms with Gasteiger partial charge in [0.25, 0.3) is 0 Å². The van der Waals surface area contributed by atoms with Crippen molar-refractivity contribution in [1.82, 2.24) is 0 Å². The van der Waals surface area contributed by atoms with Gasteiger partial charge >= 0.3 is 0 Å². The Labute approximate surface area is 138 Å². The SMILES string of the molecule is NCc1ccccc1.O=c1c2ccccc2sc2ccccc12. The molecule has 2 nitrogen and oxygen atoms in total. The summed E-state index contributed by atoms with van der Waals surface area (Å²) < 4.78 is 2.11. The van der Waals surface area contributed by atoms with Crippen molar-refractivity contribution in [2.24, 2.45) is 5.73 Å². The van der Waals surface area contributed by atoms with Crippen LogP contribution in [-0.2, 0) is 6.54 Å². The predicted molar refractivity (Wildman–Crippen MR) is 99.9 cm³/mol. The van der Waals surface area contributed by atoms with Crippen molar-refractivity contribution < 1.29 is 0 Å². The molecule has 0 fully saturated rings. The summed E-state index contributed by atoms with van der Waals surface area (Å²) in [5, 5.41) is 1.64. The van der Waals surface area contributed by atoms with Gasteiger partial charge in [-0.3, -0.25) is 4.79 Å². The second kappa shape index (κ2) is 7.18. The van der Waals surface area contributed by atoms with E-state index in [4.69, 9.17) is 5.73 Å². The number of fused-ring (bicyclic) bond motifs is 2. The van der Waals surface area contributed by atoms with Gasteiger partial charge in [0.05, 0.1) is 0 Å². The van der Waals surface area contributed by atoms with Gasteiger partial charge in [-0.15, -0.1) is 11.3 Å². The minimum Gasteiger partial charge on any atom is -0.326 e. The number of hydrogen-bond acceptors (Lipinski definition) is 3. The molecule has 23 heavy (non-hydrogen) atoms. The van der Waals surface area contributed by atoms with Gasteiger partial charge in [0.1, 0.15) is 0 Å². The first-order valence-electron chi connectivity index (χ1n) is 7.44. The Hall–Kier alpha value is -2.49. The fourth-order valence-corrected chi connectivity index (χ4v) is 3.44. The highest BCUT2D eigenvalue weighted by atomic mass is 32.1. The summed E-state index contributed by atoms with van der Waals surface area (Å²) in [6, 6.07) is 25.5. The molecule has 0 saturated heterocycles. The summed E-state index contributed by atoms with van der Waals surface area (Å²) in [5.41, 5.74) is 6.68. The fraction of sp³-hybridized carbons (Fsp3) is 0.0500. The second-order valence-corrected chi connectivity index (χ2v) is 6.20. The van der Waals surface area contributed by atoms with E-state index in [0.717, 1.165) is 20.2 Å². The molecule has 3 aromatic carbocycles. The highest BCUT2D eigenvalue weighted by molar-refractivity contribution is 7.24. The van der Waals surface area contributed by atoms with E-state index in [-0.39, 0.29) is 5.43 Å². The molecule has 0 aliphatic heterocycles. The zero-order valence-electron chi connectivity index (χ0n) is 12.6. The van der Waals surface area contributed by atoms with Crippen molar-refractivity contribution in [3.05, 3.63) is 94.6 Å². The minimum atomic E-state index is 0.139. The molecule has 0 bridgehead atoms. The molecule has 0 saturated carbocycles. The normalized spacial score (nSPS) is 10.3. The van der Waals surface area contributed by atoms with E-state index in [1.165, 1.54) is 5.56 Å². The maximum absolute atomic E-state index is 12.1. The first-order chi connectivity index (χ1) is 11.3. The van der Waals surface area contributed by atoms with E-state index < -0.39 is 0 Å². The van der Waals surface area contributed by atoms with E-state index in [9.17, 15) is 4.79 Å². The van der Waals surface area contributed by atoms with E-state index in [2.05, 4.69) is 0 Å². The molecular weight excluding hydrogens is 302 g/mol. The van der Waals surface area contributed by atoms with Gasteiger partial charge in [-0.1, -0.05) is 54.6 Å². The third-order valence-corrected chi connectivity index (χ3v) is 4.71. The van der Waals surface area contributed by atoms with E-state index in [1.54, 1.807) is 11.3 Å². The molecule has 0 unspecified atom stereocenters. The number of rotatable bonds is 1. The van der Waals surface area contributed by atoms with E-state index >= 15 is 0 Å². The van der Waals surface area contributed by atoms with Crippen LogP contribution < -0.4 is 11.2 Å². The lowest BCUT2D eigenvalue weighted by atomic mass is 10.2. The Balaban J connectivity index is 0.000000166. The van der Waals surface area contributed by atoms with Crippen molar-refractivity contribution in [1.29, 1.82) is 0 Å². The molecule has 4 aromatic rings. The summed E-state index contributed by atoms with van der Waals surface area (Å²) in [6.07, 6.45) is 0. The molecule has 3 heteroatoms. The molecule has 0 aliphatic rings. The maximum atomic E-state index is 12.1. The van der Waals surface area contributed by atoms with Gasteiger partial charge < -0.3 is 5.73 Å². The molecular formula is C20H17NOS. The molecule has 1 aromatic heterocycles. The van der Waals surface area contributed by atoms with Crippen molar-refractivity contribution in [2.45, 2.75) is 6.54 Å². The number of benzene rings is 3. The quantitative estimate of drug-likeness (QED) is 0.523. The van der Waals surface area contributed by atoms with Gasteiger partial charge in [-0.25, -0.2) is 0 Å². The second-order valence-electron chi connectivity index (χ2n) is 5.11. The maximum Gasteiger partial charge on any atom is 0.195 e. The number of nitrogens with two attached hydrogens (primary N) is 1. The predicted octanol–water partition coefficient (Wildman–Crippen LogP) is 4.56. The van der Waals surface area contributed by atoms with Crippen LogP contribution >= 0.6 is 11.3 Å². The van der Waals surface area contributed by atoms with Gasteiger partial charge in [0, 0.05) is 26.7 Å². The summed E-state index contributed by atoms with van der Waals surface area (Å²) in [7, 11) is 0. The molecule has 114 valence electrons. The third-order valence-electron chi connectivity index (χ3n) is 3.56. The number of hydrogen-bond donors (Lipinski definition) is 1. The Morgan fingerprint density at radius 3 is 1.65 bits per heavy atom. The van der Waals surface area contributed by atoms with Crippen molar-refractivity contribution in [3.8, 4) is 0 Å². The van der Waals surface area contributed by atoms with Crippen molar-refractivity contribution >= 4 is 31.5 Å². The Morgan fingerprint density at radius 2 is 1.17 bits per heavy atom. The Kier molecular flexibility index (Phi) is 4.81. The Morgan fingerprint density at radius 1 is 0.696 bits per heavy atom. The molecule has 0 atom stereocenters. The van der Waals surface area contributed by atoms with Crippen LogP contribution in [0.25, 0.3) is 20.2 Å². The molecule has 0 amide bonds. The van der Waals surface area contributed by atoms with Gasteiger partial charge in [-0.2, -0.15) is 0 Å². The van der Waals surface area contributed by atoms with Crippen LogP contribution in [-0.4, -0.2) is 0 Å². The minimum absolute atomic E-state index is 0.139. The molecule has 4 rings (SSSR count). The topological polar surface area (TPSA) is 43.1 Å². The van der Waals surface area contributed by atoms with Crippen LogP contribution in [0, 0.1) is 0 Å². The molecule has 0 radical (unpaired) electrons. The molecule has 1 heterocycles. The van der Waals surface area contributed by atoms with Crippen LogP contribution in [0.1, 0.15) is 5.56 Å². The van der Waals surface area contributed by atoms with Gasteiger partial charge in [-0.05, 0) is 29.8 Å². The van der Waals surface area contributed by atoms with Crippen molar-refractivity contribution in [3.63, 3.8) is 0 Å². The average Bonchev–Trinajstić information content (AvgIpc) is 2.63.